The smallest absolute Gasteiger partial charge is 0.0890 e. The second-order valence-corrected chi connectivity index (χ2v) is 3.86. The molecule has 0 unspecified atom stereocenters. The molecule has 3 heteroatoms. The molecular formula is C7H9BrOS. The van der Waals surface area contributed by atoms with Crippen molar-refractivity contribution in [3.8, 4) is 0 Å². The molecule has 1 nitrogen and oxygen atoms in total. The summed E-state index contributed by atoms with van der Waals surface area (Å²) < 4.78 is 1.02. The van der Waals surface area contributed by atoms with E-state index in [-0.39, 0.29) is 6.10 Å². The quantitative estimate of drug-likeness (QED) is 0.813. The molecule has 1 N–H and O–H groups in total. The van der Waals surface area contributed by atoms with Gasteiger partial charge in [-0.05, 0) is 33.8 Å². The maximum atomic E-state index is 9.38. The van der Waals surface area contributed by atoms with Crippen LogP contribution in [0.25, 0.3) is 0 Å². The highest BCUT2D eigenvalue weighted by Gasteiger charge is 2.09. The third-order valence-electron chi connectivity index (χ3n) is 1.33. The van der Waals surface area contributed by atoms with Gasteiger partial charge in [0, 0.05) is 9.35 Å². The minimum atomic E-state index is -0.297. The van der Waals surface area contributed by atoms with Gasteiger partial charge in [0.1, 0.15) is 0 Å². The van der Waals surface area contributed by atoms with Gasteiger partial charge in [0.2, 0.25) is 0 Å². The highest BCUT2D eigenvalue weighted by molar-refractivity contribution is 9.10. The first-order valence-corrected chi connectivity index (χ1v) is 4.84. The Balaban J connectivity index is 2.82. The molecule has 0 aliphatic rings. The summed E-state index contributed by atoms with van der Waals surface area (Å²) in [6, 6.07) is 1.96. The lowest BCUT2D eigenvalue weighted by Crippen LogP contribution is -1.90. The maximum Gasteiger partial charge on any atom is 0.0890 e. The van der Waals surface area contributed by atoms with Gasteiger partial charge in [0.25, 0.3) is 0 Å². The molecule has 10 heavy (non-hydrogen) atoms. The standard InChI is InChI=1S/C7H9BrOS/c1-2-6(9)7-5(8)3-4-10-7/h3-4,6,9H,2H2,1H3/t6-/m1/s1. The average Bonchev–Trinajstić information content (AvgIpc) is 2.34. The van der Waals surface area contributed by atoms with Crippen LogP contribution in [-0.4, -0.2) is 5.11 Å². The highest BCUT2D eigenvalue weighted by Crippen LogP contribution is 2.30. The third-order valence-corrected chi connectivity index (χ3v) is 3.31. The Morgan fingerprint density at radius 3 is 2.90 bits per heavy atom. The molecule has 0 aliphatic carbocycles. The molecule has 1 rings (SSSR count). The van der Waals surface area contributed by atoms with E-state index in [9.17, 15) is 5.11 Å². The van der Waals surface area contributed by atoms with E-state index >= 15 is 0 Å². The predicted molar refractivity (Wildman–Crippen MR) is 47.3 cm³/mol. The second-order valence-electron chi connectivity index (χ2n) is 2.06. The molecule has 1 aromatic heterocycles. The molecule has 1 heterocycles. The third kappa shape index (κ3) is 1.59. The Morgan fingerprint density at radius 2 is 2.50 bits per heavy atom. The van der Waals surface area contributed by atoms with Crippen LogP contribution in [0.3, 0.4) is 0 Å². The van der Waals surface area contributed by atoms with Gasteiger partial charge in [0.05, 0.1) is 6.10 Å². The Hall–Kier alpha value is 0.140. The van der Waals surface area contributed by atoms with Crippen molar-refractivity contribution < 1.29 is 5.11 Å². The zero-order valence-corrected chi connectivity index (χ0v) is 8.08. The fraction of sp³-hybridized carbons (Fsp3) is 0.429. The van der Waals surface area contributed by atoms with E-state index in [1.807, 2.05) is 18.4 Å². The van der Waals surface area contributed by atoms with Crippen LogP contribution in [0.15, 0.2) is 15.9 Å². The number of thiophene rings is 1. The zero-order chi connectivity index (χ0) is 7.56. The van der Waals surface area contributed by atoms with Crippen LogP contribution in [0.2, 0.25) is 0 Å². The second kappa shape index (κ2) is 3.51. The van der Waals surface area contributed by atoms with Gasteiger partial charge in [-0.1, -0.05) is 6.92 Å². The number of aliphatic hydroxyl groups excluding tert-OH is 1. The largest absolute Gasteiger partial charge is 0.388 e. The van der Waals surface area contributed by atoms with Crippen LogP contribution in [-0.2, 0) is 0 Å². The van der Waals surface area contributed by atoms with Gasteiger partial charge >= 0.3 is 0 Å². The van der Waals surface area contributed by atoms with Crippen molar-refractivity contribution in [2.45, 2.75) is 19.4 Å². The summed E-state index contributed by atoms with van der Waals surface area (Å²) >= 11 is 4.94. The first kappa shape index (κ1) is 8.24. The van der Waals surface area contributed by atoms with E-state index < -0.39 is 0 Å². The summed E-state index contributed by atoms with van der Waals surface area (Å²) in [5.41, 5.74) is 0. The number of halogens is 1. The molecule has 0 bridgehead atoms. The normalized spacial score (nSPS) is 13.5. The Bertz CT molecular complexity index is 209. The Kier molecular flexibility index (Phi) is 2.89. The van der Waals surface area contributed by atoms with Crippen molar-refractivity contribution in [3.05, 3.63) is 20.8 Å². The predicted octanol–water partition coefficient (Wildman–Crippen LogP) is 2.95. The lowest BCUT2D eigenvalue weighted by Gasteiger charge is -2.03. The molecular weight excluding hydrogens is 212 g/mol. The molecule has 0 amide bonds. The van der Waals surface area contributed by atoms with Crippen LogP contribution in [0, 0.1) is 0 Å². The first-order chi connectivity index (χ1) is 4.75. The molecule has 0 fully saturated rings. The van der Waals surface area contributed by atoms with E-state index in [0.29, 0.717) is 0 Å². The average molecular weight is 221 g/mol. The van der Waals surface area contributed by atoms with Crippen molar-refractivity contribution in [3.63, 3.8) is 0 Å². The molecule has 1 aromatic rings. The van der Waals surface area contributed by atoms with Crippen LogP contribution >= 0.6 is 27.3 Å². The summed E-state index contributed by atoms with van der Waals surface area (Å²) in [6.07, 6.45) is 0.480. The fourth-order valence-electron chi connectivity index (χ4n) is 0.729. The van der Waals surface area contributed by atoms with Crippen molar-refractivity contribution in [1.29, 1.82) is 0 Å². The van der Waals surface area contributed by atoms with Crippen LogP contribution in [0.4, 0.5) is 0 Å². The minimum absolute atomic E-state index is 0.297. The fourth-order valence-corrected chi connectivity index (χ4v) is 2.44. The van der Waals surface area contributed by atoms with Gasteiger partial charge in [-0.2, -0.15) is 0 Å². The summed E-state index contributed by atoms with van der Waals surface area (Å²) in [6.45, 7) is 1.97. The Morgan fingerprint density at radius 1 is 1.80 bits per heavy atom. The van der Waals surface area contributed by atoms with Crippen molar-refractivity contribution in [2.24, 2.45) is 0 Å². The van der Waals surface area contributed by atoms with Crippen LogP contribution in [0.1, 0.15) is 24.3 Å². The van der Waals surface area contributed by atoms with Gasteiger partial charge in [-0.15, -0.1) is 11.3 Å². The molecule has 0 saturated heterocycles. The Labute approximate surface area is 72.8 Å². The van der Waals surface area contributed by atoms with E-state index in [1.165, 1.54) is 0 Å². The minimum Gasteiger partial charge on any atom is -0.388 e. The summed E-state index contributed by atoms with van der Waals surface area (Å²) in [4.78, 5) is 1.03. The molecule has 0 aliphatic heterocycles. The summed E-state index contributed by atoms with van der Waals surface area (Å²) in [7, 11) is 0. The lowest BCUT2D eigenvalue weighted by atomic mass is 10.2. The first-order valence-electron chi connectivity index (χ1n) is 3.16. The zero-order valence-electron chi connectivity index (χ0n) is 5.67. The number of hydrogen-bond donors (Lipinski definition) is 1. The highest BCUT2D eigenvalue weighted by atomic mass is 79.9. The molecule has 1 atom stereocenters. The SMILES string of the molecule is CC[C@@H](O)c1sccc1Br. The van der Waals surface area contributed by atoms with E-state index in [4.69, 9.17) is 0 Å². The van der Waals surface area contributed by atoms with Gasteiger partial charge in [-0.25, -0.2) is 0 Å². The molecule has 0 aromatic carbocycles. The van der Waals surface area contributed by atoms with Gasteiger partial charge in [0.15, 0.2) is 0 Å². The topological polar surface area (TPSA) is 20.2 Å². The molecule has 0 spiro atoms. The summed E-state index contributed by atoms with van der Waals surface area (Å²) in [5.74, 6) is 0. The van der Waals surface area contributed by atoms with Crippen LogP contribution in [0.5, 0.6) is 0 Å². The summed E-state index contributed by atoms with van der Waals surface area (Å²) in [5, 5.41) is 11.3. The molecule has 0 saturated carbocycles. The van der Waals surface area contributed by atoms with Crippen molar-refractivity contribution >= 4 is 27.3 Å². The van der Waals surface area contributed by atoms with Gasteiger partial charge < -0.3 is 5.11 Å². The van der Waals surface area contributed by atoms with Crippen molar-refractivity contribution in [2.75, 3.05) is 0 Å². The maximum absolute atomic E-state index is 9.38. The van der Waals surface area contributed by atoms with E-state index in [0.717, 1.165) is 15.8 Å². The monoisotopic (exact) mass is 220 g/mol. The number of aliphatic hydroxyl groups is 1. The van der Waals surface area contributed by atoms with E-state index in [1.54, 1.807) is 11.3 Å². The lowest BCUT2D eigenvalue weighted by molar-refractivity contribution is 0.177. The number of hydrogen-bond acceptors (Lipinski definition) is 2. The molecule has 56 valence electrons. The van der Waals surface area contributed by atoms with E-state index in [2.05, 4.69) is 15.9 Å². The van der Waals surface area contributed by atoms with Gasteiger partial charge in [-0.3, -0.25) is 0 Å². The number of rotatable bonds is 2. The van der Waals surface area contributed by atoms with Crippen molar-refractivity contribution in [1.82, 2.24) is 0 Å². The molecule has 0 radical (unpaired) electrons. The van der Waals surface area contributed by atoms with Crippen LogP contribution < -0.4 is 0 Å².